The maximum Gasteiger partial charge on any atom is 0.335 e. The molecule has 1 amide bonds. The highest BCUT2D eigenvalue weighted by atomic mass is 16.7. The molecule has 15 heteroatoms. The molecule has 7 atom stereocenters. The van der Waals surface area contributed by atoms with E-state index in [1.807, 2.05) is 0 Å². The lowest BCUT2D eigenvalue weighted by Gasteiger charge is -2.38. The van der Waals surface area contributed by atoms with Crippen molar-refractivity contribution in [1.29, 1.82) is 0 Å². The topological polar surface area (TPSA) is 266 Å². The number of nitrogens with one attached hydrogen (secondary N) is 1. The molecule has 10 N–H and O–H groups in total. The Bertz CT molecular complexity index is 955. The molecule has 1 aliphatic rings. The number of carbonyl (C=O) groups excluding carboxylic acids is 1. The van der Waals surface area contributed by atoms with Crippen molar-refractivity contribution in [3.8, 4) is 11.5 Å². The van der Waals surface area contributed by atoms with Gasteiger partial charge in [-0.05, 0) is 24.1 Å². The lowest BCUT2D eigenvalue weighted by atomic mass is 9.99. The first-order valence-electron chi connectivity index (χ1n) is 10.2. The number of carbonyl (C=O) groups is 4. The summed E-state index contributed by atoms with van der Waals surface area (Å²) in [6, 6.07) is 0.810. The van der Waals surface area contributed by atoms with Crippen molar-refractivity contribution < 1.29 is 64.4 Å². The van der Waals surface area contributed by atoms with Gasteiger partial charge in [0.2, 0.25) is 12.2 Å². The fraction of sp³-hybridized carbons (Fsp3) is 0.500. The number of aromatic hydroxyl groups is 1. The Kier molecular flexibility index (Phi) is 9.32. The number of carboxylic acid groups (broad SMARTS) is 3. The van der Waals surface area contributed by atoms with E-state index >= 15 is 0 Å². The fourth-order valence-electron chi connectivity index (χ4n) is 3.19. The molecular weight excluding hydrogens is 476 g/mol. The Hall–Kier alpha value is -3.50. The maximum absolute atomic E-state index is 12.1. The molecule has 1 aliphatic heterocycles. The summed E-state index contributed by atoms with van der Waals surface area (Å²) in [4.78, 5) is 45.4. The van der Waals surface area contributed by atoms with Crippen LogP contribution in [0, 0.1) is 0 Å². The Morgan fingerprint density at radius 1 is 1.06 bits per heavy atom. The molecule has 1 aromatic rings. The predicted octanol–water partition coefficient (Wildman–Crippen LogP) is -3.03. The number of aliphatic hydroxyl groups excluding tert-OH is 3. The van der Waals surface area contributed by atoms with Gasteiger partial charge in [-0.2, -0.15) is 0 Å². The van der Waals surface area contributed by atoms with Crippen LogP contribution < -0.4 is 15.8 Å². The number of hydrogen-bond acceptors (Lipinski definition) is 11. The first-order valence-corrected chi connectivity index (χ1v) is 10.2. The predicted molar refractivity (Wildman–Crippen MR) is 111 cm³/mol. The summed E-state index contributed by atoms with van der Waals surface area (Å²) < 4.78 is 10.2. The minimum Gasteiger partial charge on any atom is -0.504 e. The van der Waals surface area contributed by atoms with E-state index in [0.717, 1.165) is 12.1 Å². The van der Waals surface area contributed by atoms with E-state index in [1.54, 1.807) is 0 Å². The van der Waals surface area contributed by atoms with Gasteiger partial charge in [0, 0.05) is 12.8 Å². The number of ether oxygens (including phenoxy) is 2. The largest absolute Gasteiger partial charge is 0.504 e. The highest BCUT2D eigenvalue weighted by Crippen LogP contribution is 2.31. The number of phenolic OH excluding ortho intramolecular Hbond substituents is 1. The van der Waals surface area contributed by atoms with E-state index in [-0.39, 0.29) is 30.6 Å². The number of benzene rings is 1. The SMILES string of the molecule is N[C@@H](CCC(=O)O)C(=O)N[C@@H](Cc1ccc(OC2O[C@H](C(=O)O)[C@@H](O)[C@H](O)[C@H]2O)c(O)c1)C(=O)O. The van der Waals surface area contributed by atoms with Crippen LogP contribution in [0.2, 0.25) is 0 Å². The number of hydrogen-bond donors (Lipinski definition) is 9. The molecule has 0 aliphatic carbocycles. The number of carboxylic acids is 3. The van der Waals surface area contributed by atoms with Crippen LogP contribution in [0.4, 0.5) is 0 Å². The van der Waals surface area contributed by atoms with Crippen molar-refractivity contribution >= 4 is 23.8 Å². The smallest absolute Gasteiger partial charge is 0.335 e. The molecule has 0 radical (unpaired) electrons. The average molecular weight is 502 g/mol. The molecule has 0 bridgehead atoms. The van der Waals surface area contributed by atoms with E-state index in [9.17, 15) is 44.7 Å². The van der Waals surface area contributed by atoms with Gasteiger partial charge >= 0.3 is 17.9 Å². The van der Waals surface area contributed by atoms with E-state index < -0.39 is 72.4 Å². The number of amides is 1. The van der Waals surface area contributed by atoms with Crippen LogP contribution in [0.15, 0.2) is 18.2 Å². The summed E-state index contributed by atoms with van der Waals surface area (Å²) in [5.74, 6) is -5.98. The third kappa shape index (κ3) is 7.24. The summed E-state index contributed by atoms with van der Waals surface area (Å²) in [6.07, 6.45) is -10.3. The van der Waals surface area contributed by atoms with Gasteiger partial charge in [-0.15, -0.1) is 0 Å². The van der Waals surface area contributed by atoms with Gasteiger partial charge in [0.05, 0.1) is 6.04 Å². The van der Waals surface area contributed by atoms with E-state index in [4.69, 9.17) is 25.4 Å². The van der Waals surface area contributed by atoms with Crippen molar-refractivity contribution in [2.24, 2.45) is 5.73 Å². The third-order valence-electron chi connectivity index (χ3n) is 5.14. The van der Waals surface area contributed by atoms with Crippen molar-refractivity contribution in [2.45, 2.75) is 62.1 Å². The molecule has 15 nitrogen and oxygen atoms in total. The van der Waals surface area contributed by atoms with Crippen LogP contribution in [0.3, 0.4) is 0 Å². The number of nitrogens with two attached hydrogens (primary N) is 1. The second-order valence-electron chi connectivity index (χ2n) is 7.80. The van der Waals surface area contributed by atoms with Gasteiger partial charge in [-0.3, -0.25) is 9.59 Å². The Labute approximate surface area is 197 Å². The average Bonchev–Trinajstić information content (AvgIpc) is 2.78. The molecule has 0 saturated carbocycles. The van der Waals surface area contributed by atoms with E-state index in [2.05, 4.69) is 5.32 Å². The van der Waals surface area contributed by atoms with Crippen molar-refractivity contribution in [1.82, 2.24) is 5.32 Å². The maximum atomic E-state index is 12.1. The van der Waals surface area contributed by atoms with Gasteiger partial charge in [0.25, 0.3) is 0 Å². The van der Waals surface area contributed by atoms with Crippen LogP contribution in [-0.4, -0.2) is 102 Å². The molecular formula is C20H26N2O13. The number of rotatable bonds is 11. The monoisotopic (exact) mass is 502 g/mol. The highest BCUT2D eigenvalue weighted by Gasteiger charge is 2.48. The zero-order chi connectivity index (χ0) is 26.4. The van der Waals surface area contributed by atoms with Crippen LogP contribution >= 0.6 is 0 Å². The zero-order valence-electron chi connectivity index (χ0n) is 18.1. The standard InChI is InChI=1S/C20H26N2O13/c21-8(2-4-12(24)25)17(29)22-9(18(30)31)5-7-1-3-11(10(23)6-7)34-20-15(28)13(26)14(27)16(35-20)19(32)33/h1,3,6,8-9,13-16,20,23,26-28H,2,4-5,21H2,(H,22,29)(H,24,25)(H,30,31)(H,32,33)/t8-,9-,13-,14-,15+,16-,20?/m0/s1. The van der Waals surface area contributed by atoms with Crippen molar-refractivity contribution in [2.75, 3.05) is 0 Å². The molecule has 0 aromatic heterocycles. The summed E-state index contributed by atoms with van der Waals surface area (Å²) in [6.45, 7) is 0. The first kappa shape index (κ1) is 27.7. The van der Waals surface area contributed by atoms with Gasteiger partial charge in [-0.1, -0.05) is 6.07 Å². The normalized spacial score (nSPS) is 25.8. The van der Waals surface area contributed by atoms with Crippen molar-refractivity contribution in [3.63, 3.8) is 0 Å². The molecule has 2 rings (SSSR count). The molecule has 1 saturated heterocycles. The Morgan fingerprint density at radius 3 is 2.26 bits per heavy atom. The minimum atomic E-state index is -1.93. The quantitative estimate of drug-likeness (QED) is 0.146. The van der Waals surface area contributed by atoms with Gasteiger partial charge in [0.1, 0.15) is 24.4 Å². The van der Waals surface area contributed by atoms with Crippen molar-refractivity contribution in [3.05, 3.63) is 23.8 Å². The Balaban J connectivity index is 2.08. The Morgan fingerprint density at radius 2 is 1.71 bits per heavy atom. The van der Waals surface area contributed by atoms with Crippen LogP contribution in [-0.2, 0) is 30.3 Å². The molecule has 35 heavy (non-hydrogen) atoms. The van der Waals surface area contributed by atoms with Gasteiger partial charge < -0.3 is 56.3 Å². The summed E-state index contributed by atoms with van der Waals surface area (Å²) >= 11 is 0. The molecule has 194 valence electrons. The molecule has 1 aromatic carbocycles. The number of aliphatic carboxylic acids is 3. The molecule has 1 fully saturated rings. The highest BCUT2D eigenvalue weighted by molar-refractivity contribution is 5.87. The summed E-state index contributed by atoms with van der Waals surface area (Å²) in [5, 5.41) is 69.1. The molecule has 1 unspecified atom stereocenters. The second-order valence-corrected chi connectivity index (χ2v) is 7.80. The van der Waals surface area contributed by atoms with E-state index in [0.29, 0.717) is 0 Å². The second kappa shape index (κ2) is 11.8. The zero-order valence-corrected chi connectivity index (χ0v) is 18.1. The number of aliphatic hydroxyl groups is 3. The minimum absolute atomic E-state index is 0.204. The van der Waals surface area contributed by atoms with Crippen LogP contribution in [0.1, 0.15) is 18.4 Å². The molecule has 0 spiro atoms. The lowest BCUT2D eigenvalue weighted by molar-refractivity contribution is -0.271. The van der Waals surface area contributed by atoms with Gasteiger partial charge in [-0.25, -0.2) is 9.59 Å². The lowest BCUT2D eigenvalue weighted by Crippen LogP contribution is -2.61. The number of phenols is 1. The summed E-state index contributed by atoms with van der Waals surface area (Å²) in [7, 11) is 0. The fourth-order valence-corrected chi connectivity index (χ4v) is 3.19. The van der Waals surface area contributed by atoms with Crippen LogP contribution in [0.25, 0.3) is 0 Å². The molecule has 1 heterocycles. The van der Waals surface area contributed by atoms with Crippen LogP contribution in [0.5, 0.6) is 11.5 Å². The summed E-state index contributed by atoms with van der Waals surface area (Å²) in [5.41, 5.74) is 5.78. The van der Waals surface area contributed by atoms with E-state index in [1.165, 1.54) is 6.07 Å². The first-order chi connectivity index (χ1) is 16.3. The van der Waals surface area contributed by atoms with Gasteiger partial charge in [0.15, 0.2) is 17.6 Å². The third-order valence-corrected chi connectivity index (χ3v) is 5.14.